The van der Waals surface area contributed by atoms with Crippen LogP contribution in [-0.4, -0.2) is 61.2 Å². The number of aryl methyl sites for hydroxylation is 1. The predicted octanol–water partition coefficient (Wildman–Crippen LogP) is 2.32. The van der Waals surface area contributed by atoms with Gasteiger partial charge in [-0.25, -0.2) is 0 Å². The van der Waals surface area contributed by atoms with Crippen molar-refractivity contribution in [2.75, 3.05) is 39.4 Å². The van der Waals surface area contributed by atoms with E-state index in [0.717, 1.165) is 44.4 Å². The Morgan fingerprint density at radius 3 is 2.81 bits per heavy atom. The molecule has 2 fully saturated rings. The Hall–Kier alpha value is -2.31. The monoisotopic (exact) mass is 356 g/mol. The molecule has 0 radical (unpaired) electrons. The van der Waals surface area contributed by atoms with Crippen molar-refractivity contribution in [1.82, 2.24) is 9.80 Å². The van der Waals surface area contributed by atoms with Gasteiger partial charge in [0, 0.05) is 13.1 Å². The molecule has 0 saturated carbocycles. The van der Waals surface area contributed by atoms with Crippen molar-refractivity contribution in [2.45, 2.75) is 19.6 Å². The fraction of sp³-hybridized carbons (Fsp3) is 0.450. The zero-order chi connectivity index (χ0) is 17.9. The van der Waals surface area contributed by atoms with Crippen LogP contribution in [0.3, 0.4) is 0 Å². The van der Waals surface area contributed by atoms with Crippen LogP contribution in [-0.2, 0) is 11.3 Å². The van der Waals surface area contributed by atoms with E-state index in [0.29, 0.717) is 18.7 Å². The van der Waals surface area contributed by atoms with Crippen LogP contribution in [0.25, 0.3) is 0 Å². The smallest absolute Gasteiger partial charge is 0.257 e. The summed E-state index contributed by atoms with van der Waals surface area (Å²) in [7, 11) is 0. The Morgan fingerprint density at radius 2 is 2.04 bits per heavy atom. The van der Waals surface area contributed by atoms with Crippen molar-refractivity contribution in [1.29, 1.82) is 0 Å². The molecule has 0 N–H and O–H groups in total. The van der Waals surface area contributed by atoms with Crippen LogP contribution >= 0.6 is 0 Å². The van der Waals surface area contributed by atoms with E-state index in [1.54, 1.807) is 11.2 Å². The van der Waals surface area contributed by atoms with Gasteiger partial charge in [-0.1, -0.05) is 12.1 Å². The van der Waals surface area contributed by atoms with Crippen LogP contribution in [0.4, 0.5) is 0 Å². The van der Waals surface area contributed by atoms with Gasteiger partial charge in [0.25, 0.3) is 5.91 Å². The first kappa shape index (κ1) is 17.1. The second-order valence-electron chi connectivity index (χ2n) is 6.96. The number of likely N-dealkylation sites (tertiary alicyclic amines) is 1. The quantitative estimate of drug-likeness (QED) is 0.823. The summed E-state index contributed by atoms with van der Waals surface area (Å²) < 4.78 is 16.8. The fourth-order valence-corrected chi connectivity index (χ4v) is 3.30. The molecule has 0 bridgehead atoms. The van der Waals surface area contributed by atoms with Crippen LogP contribution in [0, 0.1) is 6.92 Å². The first-order chi connectivity index (χ1) is 12.7. The largest absolute Gasteiger partial charge is 0.487 e. The number of hydrogen-bond donors (Lipinski definition) is 0. The van der Waals surface area contributed by atoms with Crippen molar-refractivity contribution in [3.63, 3.8) is 0 Å². The van der Waals surface area contributed by atoms with Gasteiger partial charge in [-0.15, -0.1) is 0 Å². The zero-order valence-corrected chi connectivity index (χ0v) is 15.0. The Bertz CT molecular complexity index is 761. The molecular formula is C20H24N2O4. The number of nitrogens with zero attached hydrogens (tertiary/aromatic N) is 2. The fourth-order valence-electron chi connectivity index (χ4n) is 3.30. The summed E-state index contributed by atoms with van der Waals surface area (Å²) in [6.45, 7) is 7.27. The molecule has 0 aliphatic carbocycles. The summed E-state index contributed by atoms with van der Waals surface area (Å²) >= 11 is 0. The SMILES string of the molecule is Cc1cccc(OC2CN(C(=O)c3coc(CN4CCOCC4)c3)C2)c1. The maximum atomic E-state index is 12.6. The molecule has 138 valence electrons. The Morgan fingerprint density at radius 1 is 1.23 bits per heavy atom. The molecule has 26 heavy (non-hydrogen) atoms. The Labute approximate surface area is 153 Å². The molecule has 0 spiro atoms. The number of rotatable bonds is 5. The minimum absolute atomic E-state index is 0.00562. The molecule has 1 aromatic heterocycles. The molecule has 4 rings (SSSR count). The minimum atomic E-state index is 0.00562. The van der Waals surface area contributed by atoms with Gasteiger partial charge in [0.2, 0.25) is 0 Å². The van der Waals surface area contributed by atoms with Gasteiger partial charge in [0.1, 0.15) is 23.9 Å². The van der Waals surface area contributed by atoms with Crippen molar-refractivity contribution in [3.05, 3.63) is 53.5 Å². The number of furan rings is 1. The van der Waals surface area contributed by atoms with E-state index in [2.05, 4.69) is 4.90 Å². The van der Waals surface area contributed by atoms with Gasteiger partial charge in [0.05, 0.1) is 38.4 Å². The highest BCUT2D eigenvalue weighted by molar-refractivity contribution is 5.94. The van der Waals surface area contributed by atoms with Crippen LogP contribution in [0.15, 0.2) is 41.0 Å². The van der Waals surface area contributed by atoms with Crippen molar-refractivity contribution in [3.8, 4) is 5.75 Å². The molecule has 0 unspecified atom stereocenters. The number of hydrogen-bond acceptors (Lipinski definition) is 5. The van der Waals surface area contributed by atoms with Gasteiger partial charge >= 0.3 is 0 Å². The lowest BCUT2D eigenvalue weighted by molar-refractivity contribution is 0.0177. The summed E-state index contributed by atoms with van der Waals surface area (Å²) in [6, 6.07) is 9.83. The van der Waals surface area contributed by atoms with Gasteiger partial charge in [-0.2, -0.15) is 0 Å². The summed E-state index contributed by atoms with van der Waals surface area (Å²) in [4.78, 5) is 16.6. The van der Waals surface area contributed by atoms with E-state index in [9.17, 15) is 4.79 Å². The molecular weight excluding hydrogens is 332 g/mol. The van der Waals surface area contributed by atoms with E-state index < -0.39 is 0 Å². The number of ether oxygens (including phenoxy) is 2. The lowest BCUT2D eigenvalue weighted by Crippen LogP contribution is -2.56. The summed E-state index contributed by atoms with van der Waals surface area (Å²) in [6.07, 6.45) is 1.62. The zero-order valence-electron chi connectivity index (χ0n) is 15.0. The van der Waals surface area contributed by atoms with Gasteiger partial charge in [-0.05, 0) is 30.7 Å². The van der Waals surface area contributed by atoms with E-state index in [1.807, 2.05) is 37.3 Å². The van der Waals surface area contributed by atoms with Gasteiger partial charge in [-0.3, -0.25) is 9.69 Å². The van der Waals surface area contributed by atoms with E-state index in [4.69, 9.17) is 13.9 Å². The summed E-state index contributed by atoms with van der Waals surface area (Å²) in [5.41, 5.74) is 1.78. The molecule has 2 aliphatic rings. The van der Waals surface area contributed by atoms with Crippen LogP contribution in [0.5, 0.6) is 5.75 Å². The third-order valence-corrected chi connectivity index (χ3v) is 4.81. The highest BCUT2D eigenvalue weighted by Gasteiger charge is 2.33. The third kappa shape index (κ3) is 3.92. The van der Waals surface area contributed by atoms with Crippen molar-refractivity contribution < 1.29 is 18.7 Å². The molecule has 6 nitrogen and oxygen atoms in total. The van der Waals surface area contributed by atoms with Gasteiger partial charge < -0.3 is 18.8 Å². The molecule has 1 amide bonds. The topological polar surface area (TPSA) is 55.2 Å². The Balaban J connectivity index is 1.28. The number of carbonyl (C=O) groups excluding carboxylic acids is 1. The van der Waals surface area contributed by atoms with Crippen LogP contribution in [0.2, 0.25) is 0 Å². The average Bonchev–Trinajstić information content (AvgIpc) is 3.07. The van der Waals surface area contributed by atoms with E-state index in [-0.39, 0.29) is 12.0 Å². The Kier molecular flexibility index (Phi) is 4.95. The first-order valence-electron chi connectivity index (χ1n) is 9.07. The number of benzene rings is 1. The third-order valence-electron chi connectivity index (χ3n) is 4.81. The second-order valence-corrected chi connectivity index (χ2v) is 6.96. The predicted molar refractivity (Wildman–Crippen MR) is 96.3 cm³/mol. The van der Waals surface area contributed by atoms with Crippen molar-refractivity contribution in [2.24, 2.45) is 0 Å². The lowest BCUT2D eigenvalue weighted by atomic mass is 10.1. The maximum absolute atomic E-state index is 12.6. The second kappa shape index (κ2) is 7.51. The molecule has 1 aromatic carbocycles. The number of carbonyl (C=O) groups is 1. The molecule has 3 heterocycles. The molecule has 2 saturated heterocycles. The van der Waals surface area contributed by atoms with Crippen molar-refractivity contribution >= 4 is 5.91 Å². The van der Waals surface area contributed by atoms with Gasteiger partial charge in [0.15, 0.2) is 0 Å². The molecule has 2 aromatic rings. The molecule has 6 heteroatoms. The summed E-state index contributed by atoms with van der Waals surface area (Å²) in [5, 5.41) is 0. The number of morpholine rings is 1. The average molecular weight is 356 g/mol. The highest BCUT2D eigenvalue weighted by atomic mass is 16.5. The molecule has 2 aliphatic heterocycles. The summed E-state index contributed by atoms with van der Waals surface area (Å²) in [5.74, 6) is 1.69. The molecule has 0 atom stereocenters. The highest BCUT2D eigenvalue weighted by Crippen LogP contribution is 2.22. The maximum Gasteiger partial charge on any atom is 0.257 e. The van der Waals surface area contributed by atoms with E-state index in [1.165, 1.54) is 5.56 Å². The first-order valence-corrected chi connectivity index (χ1v) is 9.07. The van der Waals surface area contributed by atoms with E-state index >= 15 is 0 Å². The lowest BCUT2D eigenvalue weighted by Gasteiger charge is -2.38. The standard InChI is InChI=1S/C20H24N2O4/c1-15-3-2-4-17(9-15)26-19-12-22(13-19)20(23)16-10-18(25-14-16)11-21-5-7-24-8-6-21/h2-4,9-10,14,19H,5-8,11-13H2,1H3. The minimum Gasteiger partial charge on any atom is -0.487 e. The van der Waals surface area contributed by atoms with Crippen LogP contribution < -0.4 is 4.74 Å². The van der Waals surface area contributed by atoms with Crippen LogP contribution in [0.1, 0.15) is 21.7 Å². The normalized spacial score (nSPS) is 18.6. The number of amides is 1.